The fourth-order valence-corrected chi connectivity index (χ4v) is 2.96. The fourth-order valence-electron chi connectivity index (χ4n) is 2.96. The van der Waals surface area contributed by atoms with E-state index in [1.54, 1.807) is 18.3 Å². The van der Waals surface area contributed by atoms with Gasteiger partial charge in [0.1, 0.15) is 12.9 Å². The van der Waals surface area contributed by atoms with E-state index >= 15 is 0 Å². The van der Waals surface area contributed by atoms with Crippen LogP contribution >= 0.6 is 0 Å². The van der Waals surface area contributed by atoms with Crippen molar-refractivity contribution < 1.29 is 4.79 Å². The van der Waals surface area contributed by atoms with Crippen molar-refractivity contribution in [2.24, 2.45) is 0 Å². The first-order valence-corrected chi connectivity index (χ1v) is 8.16. The topological polar surface area (TPSA) is 94.2 Å². The van der Waals surface area contributed by atoms with Crippen LogP contribution in [-0.2, 0) is 11.3 Å². The SMILES string of the molecule is CC(NC(=O)Cn1c(=O)c2nncn2c2ncccc21)c1ccccc1. The molecule has 1 amide bonds. The first-order chi connectivity index (χ1) is 12.6. The van der Waals surface area contributed by atoms with Crippen molar-refractivity contribution in [1.82, 2.24) is 29.5 Å². The summed E-state index contributed by atoms with van der Waals surface area (Å²) in [5.41, 5.74) is 1.82. The quantitative estimate of drug-likeness (QED) is 0.600. The molecule has 0 saturated carbocycles. The maximum Gasteiger partial charge on any atom is 0.297 e. The maximum absolute atomic E-state index is 12.7. The Morgan fingerprint density at radius 3 is 2.77 bits per heavy atom. The number of carbonyl (C=O) groups excluding carboxylic acids is 1. The molecule has 4 rings (SSSR count). The summed E-state index contributed by atoms with van der Waals surface area (Å²) in [5, 5.41) is 10.5. The molecule has 4 aromatic rings. The van der Waals surface area contributed by atoms with E-state index in [1.165, 1.54) is 15.3 Å². The number of amides is 1. The van der Waals surface area contributed by atoms with Gasteiger partial charge < -0.3 is 5.32 Å². The van der Waals surface area contributed by atoms with Gasteiger partial charge >= 0.3 is 0 Å². The molecule has 0 bridgehead atoms. The predicted molar refractivity (Wildman–Crippen MR) is 95.5 cm³/mol. The van der Waals surface area contributed by atoms with Crippen molar-refractivity contribution >= 4 is 22.7 Å². The summed E-state index contributed by atoms with van der Waals surface area (Å²) in [6.07, 6.45) is 3.06. The molecule has 0 aliphatic rings. The highest BCUT2D eigenvalue weighted by Crippen LogP contribution is 2.13. The van der Waals surface area contributed by atoms with Gasteiger partial charge in [0.15, 0.2) is 5.65 Å². The van der Waals surface area contributed by atoms with Crippen molar-refractivity contribution in [3.8, 4) is 0 Å². The summed E-state index contributed by atoms with van der Waals surface area (Å²) in [4.78, 5) is 29.5. The average molecular weight is 348 g/mol. The highest BCUT2D eigenvalue weighted by Gasteiger charge is 2.16. The molecule has 26 heavy (non-hydrogen) atoms. The highest BCUT2D eigenvalue weighted by atomic mass is 16.2. The Morgan fingerprint density at radius 2 is 1.96 bits per heavy atom. The molecule has 0 fully saturated rings. The predicted octanol–water partition coefficient (Wildman–Crippen LogP) is 1.32. The Balaban J connectivity index is 1.69. The minimum Gasteiger partial charge on any atom is -0.348 e. The summed E-state index contributed by atoms with van der Waals surface area (Å²) in [6, 6.07) is 12.9. The van der Waals surface area contributed by atoms with Crippen molar-refractivity contribution in [2.45, 2.75) is 19.5 Å². The van der Waals surface area contributed by atoms with Crippen molar-refractivity contribution in [3.63, 3.8) is 0 Å². The van der Waals surface area contributed by atoms with Crippen LogP contribution in [0.2, 0.25) is 0 Å². The molecule has 0 radical (unpaired) electrons. The summed E-state index contributed by atoms with van der Waals surface area (Å²) in [7, 11) is 0. The van der Waals surface area contributed by atoms with Gasteiger partial charge in [0.05, 0.1) is 11.6 Å². The smallest absolute Gasteiger partial charge is 0.297 e. The molecular formula is C18H16N6O2. The van der Waals surface area contributed by atoms with Crippen LogP contribution in [0.4, 0.5) is 0 Å². The zero-order valence-corrected chi connectivity index (χ0v) is 14.0. The normalized spacial score (nSPS) is 12.3. The molecule has 0 aliphatic carbocycles. The molecule has 130 valence electrons. The zero-order chi connectivity index (χ0) is 18.1. The number of hydrogen-bond acceptors (Lipinski definition) is 5. The second kappa shape index (κ2) is 6.40. The lowest BCUT2D eigenvalue weighted by atomic mass is 10.1. The van der Waals surface area contributed by atoms with Crippen LogP contribution < -0.4 is 10.9 Å². The molecule has 3 aromatic heterocycles. The Hall–Kier alpha value is -3.55. The van der Waals surface area contributed by atoms with Crippen LogP contribution in [0.25, 0.3) is 16.8 Å². The number of aromatic nitrogens is 5. The number of carbonyl (C=O) groups is 1. The van der Waals surface area contributed by atoms with E-state index < -0.39 is 0 Å². The maximum atomic E-state index is 12.7. The van der Waals surface area contributed by atoms with Crippen molar-refractivity contribution in [2.75, 3.05) is 0 Å². The van der Waals surface area contributed by atoms with Crippen LogP contribution in [0.15, 0.2) is 59.8 Å². The van der Waals surface area contributed by atoms with Crippen molar-refractivity contribution in [3.05, 3.63) is 70.9 Å². The van der Waals surface area contributed by atoms with Gasteiger partial charge in [-0.15, -0.1) is 10.2 Å². The lowest BCUT2D eigenvalue weighted by Gasteiger charge is -2.16. The summed E-state index contributed by atoms with van der Waals surface area (Å²) < 4.78 is 2.90. The zero-order valence-electron chi connectivity index (χ0n) is 14.0. The van der Waals surface area contributed by atoms with Gasteiger partial charge in [-0.3, -0.25) is 18.6 Å². The largest absolute Gasteiger partial charge is 0.348 e. The van der Waals surface area contributed by atoms with Gasteiger partial charge in [0, 0.05) is 6.20 Å². The minimum atomic E-state index is -0.384. The second-order valence-electron chi connectivity index (χ2n) is 5.96. The van der Waals surface area contributed by atoms with E-state index in [0.29, 0.717) is 11.2 Å². The van der Waals surface area contributed by atoms with Crippen LogP contribution in [0, 0.1) is 0 Å². The van der Waals surface area contributed by atoms with Crippen molar-refractivity contribution in [1.29, 1.82) is 0 Å². The molecule has 3 heterocycles. The Bertz CT molecular complexity index is 1150. The third-order valence-corrected chi connectivity index (χ3v) is 4.25. The molecule has 0 spiro atoms. The monoisotopic (exact) mass is 348 g/mol. The Morgan fingerprint density at radius 1 is 1.15 bits per heavy atom. The first kappa shape index (κ1) is 15.9. The first-order valence-electron chi connectivity index (χ1n) is 8.16. The Kier molecular flexibility index (Phi) is 3.92. The summed E-state index contributed by atoms with van der Waals surface area (Å²) in [6.45, 7) is 1.78. The summed E-state index contributed by atoms with van der Waals surface area (Å²) >= 11 is 0. The van der Waals surface area contributed by atoms with Crippen LogP contribution in [0.3, 0.4) is 0 Å². The van der Waals surface area contributed by atoms with Crippen LogP contribution in [0.1, 0.15) is 18.5 Å². The molecule has 1 aromatic carbocycles. The number of hydrogen-bond donors (Lipinski definition) is 1. The van der Waals surface area contributed by atoms with Gasteiger partial charge in [0.2, 0.25) is 11.6 Å². The van der Waals surface area contributed by atoms with E-state index in [0.717, 1.165) is 5.56 Å². The molecule has 1 N–H and O–H groups in total. The fraction of sp³-hybridized carbons (Fsp3) is 0.167. The lowest BCUT2D eigenvalue weighted by Crippen LogP contribution is -2.34. The van der Waals surface area contributed by atoms with Crippen LogP contribution in [0.5, 0.6) is 0 Å². The van der Waals surface area contributed by atoms with E-state index in [2.05, 4.69) is 20.5 Å². The third-order valence-electron chi connectivity index (χ3n) is 4.25. The van der Waals surface area contributed by atoms with Gasteiger partial charge in [-0.2, -0.15) is 0 Å². The van der Waals surface area contributed by atoms with Crippen LogP contribution in [-0.4, -0.2) is 30.1 Å². The lowest BCUT2D eigenvalue weighted by molar-refractivity contribution is -0.122. The molecule has 1 unspecified atom stereocenters. The van der Waals surface area contributed by atoms with Gasteiger partial charge in [-0.25, -0.2) is 4.98 Å². The Labute approximate surface area is 148 Å². The third kappa shape index (κ3) is 2.71. The van der Waals surface area contributed by atoms with Gasteiger partial charge in [-0.05, 0) is 24.6 Å². The van der Waals surface area contributed by atoms with E-state index in [9.17, 15) is 9.59 Å². The van der Waals surface area contributed by atoms with E-state index in [4.69, 9.17) is 0 Å². The second-order valence-corrected chi connectivity index (χ2v) is 5.96. The molecule has 8 nitrogen and oxygen atoms in total. The molecule has 8 heteroatoms. The number of pyridine rings is 1. The highest BCUT2D eigenvalue weighted by molar-refractivity contribution is 5.80. The van der Waals surface area contributed by atoms with Gasteiger partial charge in [-0.1, -0.05) is 30.3 Å². The molecule has 0 saturated heterocycles. The van der Waals surface area contributed by atoms with Gasteiger partial charge in [0.25, 0.3) is 5.56 Å². The number of nitrogens with one attached hydrogen (secondary N) is 1. The molecule has 1 atom stereocenters. The summed E-state index contributed by atoms with van der Waals surface area (Å²) in [5.74, 6) is -0.266. The van der Waals surface area contributed by atoms with E-state index in [-0.39, 0.29) is 29.7 Å². The number of fused-ring (bicyclic) bond motifs is 3. The number of nitrogens with zero attached hydrogens (tertiary/aromatic N) is 5. The van der Waals surface area contributed by atoms with E-state index in [1.807, 2.05) is 37.3 Å². The minimum absolute atomic E-state index is 0.123. The molecule has 0 aliphatic heterocycles. The molecular weight excluding hydrogens is 332 g/mol. The standard InChI is InChI=1S/C18H16N6O2/c1-12(13-6-3-2-4-7-13)21-15(25)10-23-14-8-5-9-19-16(14)24-11-20-22-17(24)18(23)26/h2-9,11-12H,10H2,1H3,(H,21,25). The number of benzene rings is 1. The number of rotatable bonds is 4. The average Bonchev–Trinajstić information content (AvgIpc) is 3.16.